The van der Waals surface area contributed by atoms with E-state index in [0.717, 1.165) is 41.9 Å². The predicted octanol–water partition coefficient (Wildman–Crippen LogP) is 3.27. The number of aliphatic hydroxyl groups excluding tert-OH is 1. The van der Waals surface area contributed by atoms with Gasteiger partial charge in [-0.15, -0.1) is 23.7 Å². The summed E-state index contributed by atoms with van der Waals surface area (Å²) < 4.78 is 0. The van der Waals surface area contributed by atoms with E-state index in [1.54, 1.807) is 16.2 Å². The Labute approximate surface area is 165 Å². The van der Waals surface area contributed by atoms with Gasteiger partial charge in [-0.05, 0) is 62.5 Å². The Balaban J connectivity index is 0.00000243. The second-order valence-electron chi connectivity index (χ2n) is 6.68. The van der Waals surface area contributed by atoms with E-state index in [1.807, 2.05) is 18.2 Å². The first-order valence-corrected chi connectivity index (χ1v) is 9.73. The summed E-state index contributed by atoms with van der Waals surface area (Å²) in [5.41, 5.74) is 1.89. The Morgan fingerprint density at radius 3 is 2.77 bits per heavy atom. The van der Waals surface area contributed by atoms with Gasteiger partial charge >= 0.3 is 0 Å². The van der Waals surface area contributed by atoms with Gasteiger partial charge in [0.15, 0.2) is 0 Å². The molecule has 0 aliphatic carbocycles. The zero-order valence-electron chi connectivity index (χ0n) is 15.1. The lowest BCUT2D eigenvalue weighted by molar-refractivity contribution is 0.0708. The number of rotatable bonds is 7. The number of hydrogen-bond donors (Lipinski definition) is 2. The first kappa shape index (κ1) is 20.9. The highest BCUT2D eigenvalue weighted by Gasteiger charge is 2.22. The zero-order valence-corrected chi connectivity index (χ0v) is 16.7. The van der Waals surface area contributed by atoms with Crippen LogP contribution in [0.25, 0.3) is 0 Å². The zero-order chi connectivity index (χ0) is 17.6. The number of aryl methyl sites for hydroxylation is 1. The summed E-state index contributed by atoms with van der Waals surface area (Å²) >= 11 is 1.70. The summed E-state index contributed by atoms with van der Waals surface area (Å²) in [6, 6.07) is 12.1. The molecule has 1 aromatic carbocycles. The van der Waals surface area contributed by atoms with Crippen molar-refractivity contribution >= 4 is 29.7 Å². The van der Waals surface area contributed by atoms with Gasteiger partial charge in [0.2, 0.25) is 0 Å². The summed E-state index contributed by atoms with van der Waals surface area (Å²) in [6.07, 6.45) is 2.09. The molecule has 1 amide bonds. The van der Waals surface area contributed by atoms with Crippen molar-refractivity contribution in [2.24, 2.45) is 5.92 Å². The minimum absolute atomic E-state index is 0. The molecule has 2 heterocycles. The molecule has 0 radical (unpaired) electrons. The van der Waals surface area contributed by atoms with Crippen LogP contribution < -0.4 is 5.32 Å². The number of carbonyl (C=O) groups is 1. The summed E-state index contributed by atoms with van der Waals surface area (Å²) in [7, 11) is 0. The van der Waals surface area contributed by atoms with Crippen LogP contribution in [0.15, 0.2) is 36.4 Å². The molecule has 26 heavy (non-hydrogen) atoms. The third-order valence-corrected chi connectivity index (χ3v) is 5.70. The Morgan fingerprint density at radius 1 is 1.31 bits per heavy atom. The van der Waals surface area contributed by atoms with E-state index < -0.39 is 0 Å². The fourth-order valence-corrected chi connectivity index (χ4v) is 4.31. The SMILES string of the molecule is Cc1ccc(CN(CCO)C(=O)c2ccccc2CC2CCNC2)s1.Cl. The highest BCUT2D eigenvalue weighted by atomic mass is 35.5. The Bertz CT molecular complexity index is 713. The molecule has 1 aliphatic rings. The average molecular weight is 395 g/mol. The van der Waals surface area contributed by atoms with Crippen LogP contribution in [0.1, 0.15) is 32.1 Å². The van der Waals surface area contributed by atoms with Crippen molar-refractivity contribution < 1.29 is 9.90 Å². The van der Waals surface area contributed by atoms with Crippen LogP contribution in [-0.4, -0.2) is 42.2 Å². The molecule has 0 bridgehead atoms. The van der Waals surface area contributed by atoms with E-state index in [9.17, 15) is 9.90 Å². The topological polar surface area (TPSA) is 52.6 Å². The van der Waals surface area contributed by atoms with Gasteiger partial charge in [-0.1, -0.05) is 18.2 Å². The van der Waals surface area contributed by atoms with Gasteiger partial charge in [-0.3, -0.25) is 4.79 Å². The number of amides is 1. The number of hydrogen-bond acceptors (Lipinski definition) is 4. The van der Waals surface area contributed by atoms with Crippen LogP contribution in [0.4, 0.5) is 0 Å². The van der Waals surface area contributed by atoms with Crippen LogP contribution in [0.3, 0.4) is 0 Å². The smallest absolute Gasteiger partial charge is 0.254 e. The lowest BCUT2D eigenvalue weighted by atomic mass is 9.94. The Hall–Kier alpha value is -1.40. The Morgan fingerprint density at radius 2 is 2.12 bits per heavy atom. The normalized spacial score (nSPS) is 16.3. The molecule has 1 unspecified atom stereocenters. The molecule has 1 aromatic heterocycles. The first-order valence-electron chi connectivity index (χ1n) is 8.91. The van der Waals surface area contributed by atoms with Crippen LogP contribution in [0, 0.1) is 12.8 Å². The number of benzene rings is 1. The molecule has 1 atom stereocenters. The van der Waals surface area contributed by atoms with Gasteiger partial charge in [-0.25, -0.2) is 0 Å². The van der Waals surface area contributed by atoms with Crippen LogP contribution in [0.5, 0.6) is 0 Å². The second-order valence-corrected chi connectivity index (χ2v) is 8.06. The number of nitrogens with one attached hydrogen (secondary N) is 1. The lowest BCUT2D eigenvalue weighted by Crippen LogP contribution is -2.33. The monoisotopic (exact) mass is 394 g/mol. The molecule has 2 aromatic rings. The van der Waals surface area contributed by atoms with Crippen molar-refractivity contribution in [2.45, 2.75) is 26.3 Å². The van der Waals surface area contributed by atoms with E-state index >= 15 is 0 Å². The maximum absolute atomic E-state index is 13.1. The van der Waals surface area contributed by atoms with Gasteiger partial charge < -0.3 is 15.3 Å². The minimum Gasteiger partial charge on any atom is -0.395 e. The number of nitrogens with zero attached hydrogens (tertiary/aromatic N) is 1. The predicted molar refractivity (Wildman–Crippen MR) is 109 cm³/mol. The Kier molecular flexibility index (Phi) is 8.10. The van der Waals surface area contributed by atoms with E-state index in [1.165, 1.54) is 4.88 Å². The van der Waals surface area contributed by atoms with Gasteiger partial charge in [0, 0.05) is 21.9 Å². The third-order valence-electron chi connectivity index (χ3n) is 4.72. The van der Waals surface area contributed by atoms with Crippen molar-refractivity contribution in [3.8, 4) is 0 Å². The van der Waals surface area contributed by atoms with E-state index in [2.05, 4.69) is 30.4 Å². The molecule has 6 heteroatoms. The number of halogens is 1. The molecule has 142 valence electrons. The molecule has 0 saturated carbocycles. The molecular weight excluding hydrogens is 368 g/mol. The number of aliphatic hydroxyl groups is 1. The van der Waals surface area contributed by atoms with Crippen molar-refractivity contribution in [2.75, 3.05) is 26.2 Å². The fourth-order valence-electron chi connectivity index (χ4n) is 3.41. The molecule has 1 fully saturated rings. The molecule has 1 saturated heterocycles. The van der Waals surface area contributed by atoms with Crippen LogP contribution in [0.2, 0.25) is 0 Å². The van der Waals surface area contributed by atoms with Crippen molar-refractivity contribution in [3.63, 3.8) is 0 Å². The highest BCUT2D eigenvalue weighted by molar-refractivity contribution is 7.11. The van der Waals surface area contributed by atoms with Crippen molar-refractivity contribution in [1.29, 1.82) is 0 Å². The van der Waals surface area contributed by atoms with E-state index in [4.69, 9.17) is 0 Å². The molecule has 2 N–H and O–H groups in total. The van der Waals surface area contributed by atoms with Crippen LogP contribution in [-0.2, 0) is 13.0 Å². The maximum atomic E-state index is 13.1. The third kappa shape index (κ3) is 5.30. The van der Waals surface area contributed by atoms with E-state index in [0.29, 0.717) is 19.0 Å². The van der Waals surface area contributed by atoms with Gasteiger partial charge in [0.25, 0.3) is 5.91 Å². The molecule has 1 aliphatic heterocycles. The largest absolute Gasteiger partial charge is 0.395 e. The summed E-state index contributed by atoms with van der Waals surface area (Å²) in [6.45, 7) is 5.04. The highest BCUT2D eigenvalue weighted by Crippen LogP contribution is 2.22. The van der Waals surface area contributed by atoms with Gasteiger partial charge in [-0.2, -0.15) is 0 Å². The van der Waals surface area contributed by atoms with Gasteiger partial charge in [0.1, 0.15) is 0 Å². The van der Waals surface area contributed by atoms with Crippen molar-refractivity contribution in [1.82, 2.24) is 10.2 Å². The van der Waals surface area contributed by atoms with Gasteiger partial charge in [0.05, 0.1) is 13.2 Å². The lowest BCUT2D eigenvalue weighted by Gasteiger charge is -2.23. The number of thiophene rings is 1. The summed E-state index contributed by atoms with van der Waals surface area (Å²) in [4.78, 5) is 17.3. The first-order chi connectivity index (χ1) is 12.2. The van der Waals surface area contributed by atoms with E-state index in [-0.39, 0.29) is 24.9 Å². The average Bonchev–Trinajstić information content (AvgIpc) is 3.26. The van der Waals surface area contributed by atoms with Crippen LogP contribution >= 0.6 is 23.7 Å². The summed E-state index contributed by atoms with van der Waals surface area (Å²) in [5, 5.41) is 12.8. The maximum Gasteiger partial charge on any atom is 0.254 e. The minimum atomic E-state index is -0.0230. The summed E-state index contributed by atoms with van der Waals surface area (Å²) in [5.74, 6) is 0.613. The second kappa shape index (κ2) is 10.1. The standard InChI is InChI=1S/C20H26N2O2S.ClH/c1-15-6-7-18(25-15)14-22(10-11-23)20(24)19-5-3-2-4-17(19)12-16-8-9-21-13-16;/h2-7,16,21,23H,8-14H2,1H3;1H. The fraction of sp³-hybridized carbons (Fsp3) is 0.450. The molecule has 0 spiro atoms. The number of carbonyl (C=O) groups excluding carboxylic acids is 1. The van der Waals surface area contributed by atoms with Crippen molar-refractivity contribution in [3.05, 3.63) is 57.3 Å². The molecule has 4 nitrogen and oxygen atoms in total. The quantitative estimate of drug-likeness (QED) is 0.757. The molecule has 3 rings (SSSR count). The molecular formula is C20H27ClN2O2S.